The number of fused-ring (bicyclic) bond motifs is 1. The van der Waals surface area contributed by atoms with Gasteiger partial charge in [0.1, 0.15) is 5.75 Å². The SMILES string of the molecule is CCOc1cc2c(Cl)c(C(N)=O)cnc2nc1C. The van der Waals surface area contributed by atoms with Gasteiger partial charge in [-0.1, -0.05) is 11.6 Å². The Hall–Kier alpha value is -1.88. The van der Waals surface area contributed by atoms with Gasteiger partial charge in [-0.2, -0.15) is 0 Å². The molecule has 0 aliphatic carbocycles. The molecule has 5 nitrogen and oxygen atoms in total. The average Bonchev–Trinajstić information content (AvgIpc) is 2.31. The second-order valence-corrected chi connectivity index (χ2v) is 4.10. The van der Waals surface area contributed by atoms with Crippen molar-refractivity contribution in [3.8, 4) is 5.75 Å². The van der Waals surface area contributed by atoms with E-state index >= 15 is 0 Å². The van der Waals surface area contributed by atoms with Crippen LogP contribution in [0.3, 0.4) is 0 Å². The minimum absolute atomic E-state index is 0.178. The van der Waals surface area contributed by atoms with E-state index in [0.29, 0.717) is 23.4 Å². The van der Waals surface area contributed by atoms with Gasteiger partial charge in [0.25, 0.3) is 5.91 Å². The zero-order valence-corrected chi connectivity index (χ0v) is 10.8. The summed E-state index contributed by atoms with van der Waals surface area (Å²) in [6.45, 7) is 4.22. The van der Waals surface area contributed by atoms with E-state index in [1.165, 1.54) is 6.20 Å². The van der Waals surface area contributed by atoms with Gasteiger partial charge < -0.3 is 10.5 Å². The number of amides is 1. The number of aromatic nitrogens is 2. The molecule has 0 saturated heterocycles. The van der Waals surface area contributed by atoms with Crippen molar-refractivity contribution in [1.29, 1.82) is 0 Å². The molecule has 0 fully saturated rings. The van der Waals surface area contributed by atoms with Gasteiger partial charge in [0.05, 0.1) is 22.9 Å². The first-order valence-electron chi connectivity index (χ1n) is 5.43. The van der Waals surface area contributed by atoms with E-state index in [-0.39, 0.29) is 10.6 Å². The molecule has 0 aromatic carbocycles. The van der Waals surface area contributed by atoms with Crippen LogP contribution >= 0.6 is 11.6 Å². The van der Waals surface area contributed by atoms with E-state index in [0.717, 1.165) is 5.69 Å². The van der Waals surface area contributed by atoms with Gasteiger partial charge >= 0.3 is 0 Å². The molecule has 18 heavy (non-hydrogen) atoms. The normalized spacial score (nSPS) is 10.6. The Labute approximate surface area is 109 Å². The zero-order valence-electron chi connectivity index (χ0n) is 10.0. The number of nitrogens with two attached hydrogens (primary N) is 1. The van der Waals surface area contributed by atoms with Crippen molar-refractivity contribution in [2.75, 3.05) is 6.61 Å². The number of ether oxygens (including phenoxy) is 1. The van der Waals surface area contributed by atoms with Gasteiger partial charge in [-0.05, 0) is 19.9 Å². The summed E-state index contributed by atoms with van der Waals surface area (Å²) in [5, 5.41) is 0.808. The van der Waals surface area contributed by atoms with Crippen LogP contribution < -0.4 is 10.5 Å². The lowest BCUT2D eigenvalue weighted by molar-refractivity contribution is 0.100. The Morgan fingerprint density at radius 3 is 2.89 bits per heavy atom. The Morgan fingerprint density at radius 2 is 2.28 bits per heavy atom. The largest absolute Gasteiger partial charge is 0.492 e. The molecule has 0 radical (unpaired) electrons. The molecular weight excluding hydrogens is 254 g/mol. The summed E-state index contributed by atoms with van der Waals surface area (Å²) in [5.41, 5.74) is 6.58. The molecule has 1 amide bonds. The molecule has 2 heterocycles. The van der Waals surface area contributed by atoms with Crippen LogP contribution in [-0.4, -0.2) is 22.5 Å². The highest BCUT2D eigenvalue weighted by molar-refractivity contribution is 6.38. The van der Waals surface area contributed by atoms with Crippen LogP contribution in [-0.2, 0) is 0 Å². The van der Waals surface area contributed by atoms with Crippen LogP contribution in [0, 0.1) is 6.92 Å². The molecule has 6 heteroatoms. The first kappa shape index (κ1) is 12.6. The van der Waals surface area contributed by atoms with E-state index in [1.54, 1.807) is 6.07 Å². The van der Waals surface area contributed by atoms with Crippen molar-refractivity contribution in [3.63, 3.8) is 0 Å². The van der Waals surface area contributed by atoms with Crippen molar-refractivity contribution in [2.24, 2.45) is 5.73 Å². The quantitative estimate of drug-likeness (QED) is 0.922. The summed E-state index contributed by atoms with van der Waals surface area (Å²) in [5.74, 6) is 0.00301. The fourth-order valence-electron chi connectivity index (χ4n) is 1.64. The highest BCUT2D eigenvalue weighted by Crippen LogP contribution is 2.29. The van der Waals surface area contributed by atoms with Crippen molar-refractivity contribution >= 4 is 28.5 Å². The molecule has 2 N–H and O–H groups in total. The van der Waals surface area contributed by atoms with Crippen LogP contribution in [0.4, 0.5) is 0 Å². The minimum Gasteiger partial charge on any atom is -0.492 e. The fourth-order valence-corrected chi connectivity index (χ4v) is 1.92. The fraction of sp³-hybridized carbons (Fsp3) is 0.250. The van der Waals surface area contributed by atoms with Crippen molar-refractivity contribution in [1.82, 2.24) is 9.97 Å². The molecule has 2 aromatic heterocycles. The Balaban J connectivity index is 2.71. The molecule has 94 valence electrons. The number of hydrogen-bond acceptors (Lipinski definition) is 4. The molecule has 0 unspecified atom stereocenters. The monoisotopic (exact) mass is 265 g/mol. The third kappa shape index (κ3) is 2.09. The summed E-state index contributed by atoms with van der Waals surface area (Å²) in [4.78, 5) is 19.5. The molecule has 2 aromatic rings. The average molecular weight is 266 g/mol. The number of rotatable bonds is 3. The molecule has 0 bridgehead atoms. The predicted octanol–water partition coefficient (Wildman–Crippen LogP) is 2.09. The van der Waals surface area contributed by atoms with Crippen LogP contribution in [0.2, 0.25) is 5.02 Å². The van der Waals surface area contributed by atoms with E-state index in [9.17, 15) is 4.79 Å². The lowest BCUT2D eigenvalue weighted by Gasteiger charge is -2.09. The summed E-state index contributed by atoms with van der Waals surface area (Å²) in [6.07, 6.45) is 1.33. The number of primary amides is 1. The predicted molar refractivity (Wildman–Crippen MR) is 69.0 cm³/mol. The van der Waals surface area contributed by atoms with Crippen LogP contribution in [0.1, 0.15) is 23.0 Å². The number of carbonyl (C=O) groups is 1. The maximum Gasteiger partial charge on any atom is 0.251 e. The topological polar surface area (TPSA) is 78.1 Å². The second-order valence-electron chi connectivity index (χ2n) is 3.73. The highest BCUT2D eigenvalue weighted by Gasteiger charge is 2.14. The van der Waals surface area contributed by atoms with E-state index in [2.05, 4.69) is 9.97 Å². The number of hydrogen-bond donors (Lipinski definition) is 1. The van der Waals surface area contributed by atoms with Gasteiger partial charge in [0.15, 0.2) is 5.65 Å². The number of carbonyl (C=O) groups excluding carboxylic acids is 1. The third-order valence-corrected chi connectivity index (χ3v) is 2.91. The van der Waals surface area contributed by atoms with Gasteiger partial charge in [0, 0.05) is 11.6 Å². The molecule has 2 rings (SSSR count). The number of halogens is 1. The number of nitrogens with zero attached hydrogens (tertiary/aromatic N) is 2. The molecule has 0 saturated carbocycles. The summed E-state index contributed by atoms with van der Waals surface area (Å²) < 4.78 is 5.43. The minimum atomic E-state index is -0.618. The van der Waals surface area contributed by atoms with Crippen molar-refractivity contribution in [3.05, 3.63) is 28.5 Å². The van der Waals surface area contributed by atoms with Crippen LogP contribution in [0.15, 0.2) is 12.3 Å². The Morgan fingerprint density at radius 1 is 1.56 bits per heavy atom. The number of aryl methyl sites for hydroxylation is 1. The smallest absolute Gasteiger partial charge is 0.251 e. The maximum atomic E-state index is 11.2. The second kappa shape index (κ2) is 4.78. The van der Waals surface area contributed by atoms with Gasteiger partial charge in [-0.3, -0.25) is 4.79 Å². The lowest BCUT2D eigenvalue weighted by Crippen LogP contribution is -2.12. The lowest BCUT2D eigenvalue weighted by atomic mass is 10.2. The zero-order chi connectivity index (χ0) is 13.3. The summed E-state index contributed by atoms with van der Waals surface area (Å²) >= 11 is 6.12. The first-order chi connectivity index (χ1) is 8.54. The first-order valence-corrected chi connectivity index (χ1v) is 5.80. The molecular formula is C12H12ClN3O2. The number of pyridine rings is 2. The molecule has 0 aliphatic rings. The Kier molecular flexibility index (Phi) is 3.34. The molecule has 0 aliphatic heterocycles. The maximum absolute atomic E-state index is 11.2. The van der Waals surface area contributed by atoms with Crippen LogP contribution in [0.25, 0.3) is 11.0 Å². The molecule has 0 atom stereocenters. The third-order valence-electron chi connectivity index (χ3n) is 2.50. The highest BCUT2D eigenvalue weighted by atomic mass is 35.5. The van der Waals surface area contributed by atoms with E-state index < -0.39 is 5.91 Å². The van der Waals surface area contributed by atoms with E-state index in [4.69, 9.17) is 22.1 Å². The van der Waals surface area contributed by atoms with Crippen molar-refractivity contribution in [2.45, 2.75) is 13.8 Å². The van der Waals surface area contributed by atoms with E-state index in [1.807, 2.05) is 13.8 Å². The standard InChI is InChI=1S/C12H12ClN3O2/c1-3-18-9-4-7-10(13)8(11(14)17)5-15-12(7)16-6(9)2/h4-5H,3H2,1-2H3,(H2,14,17). The van der Waals surface area contributed by atoms with Gasteiger partial charge in [0.2, 0.25) is 0 Å². The van der Waals surface area contributed by atoms with Gasteiger partial charge in [-0.25, -0.2) is 9.97 Å². The summed E-state index contributed by atoms with van der Waals surface area (Å²) in [6, 6.07) is 1.73. The van der Waals surface area contributed by atoms with Crippen LogP contribution in [0.5, 0.6) is 5.75 Å². The van der Waals surface area contributed by atoms with Crippen molar-refractivity contribution < 1.29 is 9.53 Å². The Bertz CT molecular complexity index is 628. The summed E-state index contributed by atoms with van der Waals surface area (Å²) in [7, 11) is 0. The van der Waals surface area contributed by atoms with Gasteiger partial charge in [-0.15, -0.1) is 0 Å². The molecule has 0 spiro atoms.